The molecule has 35 heavy (non-hydrogen) atoms. The highest BCUT2D eigenvalue weighted by molar-refractivity contribution is 7.92. The van der Waals surface area contributed by atoms with Crippen LogP contribution in [0.4, 0.5) is 4.79 Å². The second-order valence-corrected chi connectivity index (χ2v) is 10.3. The minimum atomic E-state index is -3.59. The van der Waals surface area contributed by atoms with E-state index < -0.39 is 33.4 Å². The first kappa shape index (κ1) is 24.6. The van der Waals surface area contributed by atoms with Crippen molar-refractivity contribution in [1.82, 2.24) is 25.0 Å². The zero-order valence-corrected chi connectivity index (χ0v) is 20.1. The number of carbonyl (C=O) groups excluding carboxylic acids is 3. The van der Waals surface area contributed by atoms with E-state index >= 15 is 0 Å². The van der Waals surface area contributed by atoms with E-state index in [-0.39, 0.29) is 19.6 Å². The van der Waals surface area contributed by atoms with Crippen molar-refractivity contribution in [2.75, 3.05) is 32.7 Å². The van der Waals surface area contributed by atoms with Gasteiger partial charge in [0.25, 0.3) is 11.8 Å². The first-order chi connectivity index (χ1) is 16.7. The van der Waals surface area contributed by atoms with Crippen LogP contribution in [0, 0.1) is 0 Å². The number of hydrogen-bond acceptors (Lipinski definition) is 6. The fraction of sp³-hybridized carbons (Fsp3) is 0.292. The molecule has 11 heteroatoms. The summed E-state index contributed by atoms with van der Waals surface area (Å²) in [7, 11) is -3.59. The van der Waals surface area contributed by atoms with Crippen LogP contribution in [0.15, 0.2) is 66.1 Å². The summed E-state index contributed by atoms with van der Waals surface area (Å²) in [6, 6.07) is 17.2. The van der Waals surface area contributed by atoms with Crippen LogP contribution >= 0.6 is 0 Å². The largest absolute Gasteiger partial charge is 0.344 e. The van der Waals surface area contributed by atoms with E-state index in [4.69, 9.17) is 0 Å². The summed E-state index contributed by atoms with van der Waals surface area (Å²) in [4.78, 5) is 39.7. The third-order valence-electron chi connectivity index (χ3n) is 6.07. The van der Waals surface area contributed by atoms with Gasteiger partial charge in [0.05, 0.1) is 6.54 Å². The van der Waals surface area contributed by atoms with Gasteiger partial charge in [-0.15, -0.1) is 0 Å². The molecule has 0 aliphatic carbocycles. The summed E-state index contributed by atoms with van der Waals surface area (Å²) >= 11 is 0. The van der Waals surface area contributed by atoms with Gasteiger partial charge in [0.1, 0.15) is 5.54 Å². The highest BCUT2D eigenvalue weighted by Crippen LogP contribution is 2.27. The molecule has 0 aromatic heterocycles. The van der Waals surface area contributed by atoms with Gasteiger partial charge in [0.15, 0.2) is 0 Å². The average Bonchev–Trinajstić information content (AvgIpc) is 3.08. The molecule has 0 saturated carbocycles. The van der Waals surface area contributed by atoms with Crippen molar-refractivity contribution < 1.29 is 22.8 Å². The number of hydrazine groups is 1. The van der Waals surface area contributed by atoms with Crippen LogP contribution < -0.4 is 10.7 Å². The predicted molar refractivity (Wildman–Crippen MR) is 130 cm³/mol. The van der Waals surface area contributed by atoms with E-state index in [2.05, 4.69) is 10.7 Å². The number of hydrogen-bond donors (Lipinski definition) is 2. The van der Waals surface area contributed by atoms with Crippen LogP contribution in [-0.4, -0.2) is 73.2 Å². The third-order valence-corrected chi connectivity index (χ3v) is 7.63. The maximum atomic E-state index is 12.9. The van der Waals surface area contributed by atoms with Crippen LogP contribution in [-0.2, 0) is 25.2 Å². The Balaban J connectivity index is 1.30. The van der Waals surface area contributed by atoms with Gasteiger partial charge in [0.2, 0.25) is 10.0 Å². The van der Waals surface area contributed by atoms with Crippen LogP contribution in [0.3, 0.4) is 0 Å². The average molecular weight is 498 g/mol. The van der Waals surface area contributed by atoms with Crippen molar-refractivity contribution in [2.45, 2.75) is 12.5 Å². The molecule has 2 N–H and O–H groups in total. The zero-order valence-electron chi connectivity index (χ0n) is 19.3. The summed E-state index contributed by atoms with van der Waals surface area (Å²) in [5.41, 5.74) is 2.49. The SMILES string of the molecule is CC1(c2ccccc2)NC(=O)N(NC(=O)CN2CCN(S(=O)(=O)/C=C/c3ccccc3)CC2)C1=O. The van der Waals surface area contributed by atoms with Crippen molar-refractivity contribution in [3.05, 3.63) is 77.2 Å². The Morgan fingerprint density at radius 2 is 1.60 bits per heavy atom. The monoisotopic (exact) mass is 497 g/mol. The lowest BCUT2D eigenvalue weighted by molar-refractivity contribution is -0.139. The van der Waals surface area contributed by atoms with Crippen molar-refractivity contribution in [1.29, 1.82) is 0 Å². The number of amides is 4. The smallest absolute Gasteiger partial charge is 0.318 e. The van der Waals surface area contributed by atoms with E-state index in [0.29, 0.717) is 23.7 Å². The Morgan fingerprint density at radius 1 is 1.00 bits per heavy atom. The van der Waals surface area contributed by atoms with Crippen LogP contribution in [0.25, 0.3) is 6.08 Å². The lowest BCUT2D eigenvalue weighted by Gasteiger charge is -2.33. The van der Waals surface area contributed by atoms with Gasteiger partial charge in [-0.1, -0.05) is 60.7 Å². The number of imide groups is 1. The number of benzene rings is 2. The normalized spacial score (nSPS) is 21.9. The predicted octanol–water partition coefficient (Wildman–Crippen LogP) is 1.10. The molecule has 0 radical (unpaired) electrons. The van der Waals surface area contributed by atoms with Crippen LogP contribution in [0.2, 0.25) is 0 Å². The fourth-order valence-electron chi connectivity index (χ4n) is 4.03. The first-order valence-electron chi connectivity index (χ1n) is 11.2. The molecule has 1 atom stereocenters. The minimum absolute atomic E-state index is 0.0765. The second-order valence-electron chi connectivity index (χ2n) is 8.53. The zero-order chi connectivity index (χ0) is 25.1. The number of piperazine rings is 1. The molecule has 2 heterocycles. The summed E-state index contributed by atoms with van der Waals surface area (Å²) in [6.45, 7) is 2.64. The molecule has 1 unspecified atom stereocenters. The maximum absolute atomic E-state index is 12.9. The topological polar surface area (TPSA) is 119 Å². The Labute approximate surface area is 204 Å². The maximum Gasteiger partial charge on any atom is 0.344 e. The molecule has 4 rings (SSSR count). The highest BCUT2D eigenvalue weighted by atomic mass is 32.2. The third kappa shape index (κ3) is 5.42. The summed E-state index contributed by atoms with van der Waals surface area (Å²) in [5, 5.41) is 4.52. The van der Waals surface area contributed by atoms with Crippen molar-refractivity contribution in [3.8, 4) is 0 Å². The molecule has 2 saturated heterocycles. The molecular formula is C24H27N5O5S. The Bertz CT molecular complexity index is 1230. The standard InChI is InChI=1S/C24H27N5O5S/c1-24(20-10-6-3-7-11-20)22(31)29(23(32)25-24)26-21(30)18-27-13-15-28(16-14-27)35(33,34)17-12-19-8-4-2-5-9-19/h2-12,17H,13-16,18H2,1H3,(H,25,32)(H,26,30)/b17-12+. The van der Waals surface area contributed by atoms with E-state index in [1.165, 1.54) is 9.71 Å². The fourth-order valence-corrected chi connectivity index (χ4v) is 5.20. The van der Waals surface area contributed by atoms with Gasteiger partial charge in [-0.25, -0.2) is 13.2 Å². The first-order valence-corrected chi connectivity index (χ1v) is 12.7. The van der Waals surface area contributed by atoms with E-state index in [1.54, 1.807) is 48.2 Å². The Hall–Kier alpha value is -3.54. The Morgan fingerprint density at radius 3 is 2.23 bits per heavy atom. The quantitative estimate of drug-likeness (QED) is 0.553. The number of carbonyl (C=O) groups is 3. The molecule has 2 aromatic carbocycles. The molecule has 4 amide bonds. The molecule has 184 valence electrons. The Kier molecular flexibility index (Phi) is 7.01. The summed E-state index contributed by atoms with van der Waals surface area (Å²) < 4.78 is 26.6. The number of nitrogens with one attached hydrogen (secondary N) is 2. The van der Waals surface area contributed by atoms with Gasteiger partial charge in [-0.3, -0.25) is 19.9 Å². The molecule has 0 spiro atoms. The second kappa shape index (κ2) is 9.98. The van der Waals surface area contributed by atoms with Gasteiger partial charge in [0, 0.05) is 31.6 Å². The van der Waals surface area contributed by atoms with E-state index in [1.807, 2.05) is 30.3 Å². The highest BCUT2D eigenvalue weighted by Gasteiger charge is 2.50. The number of sulfonamides is 1. The van der Waals surface area contributed by atoms with E-state index in [0.717, 1.165) is 5.56 Å². The summed E-state index contributed by atoms with van der Waals surface area (Å²) in [5.74, 6) is -1.12. The molecular weight excluding hydrogens is 470 g/mol. The molecule has 2 aliphatic heterocycles. The molecule has 2 aromatic rings. The van der Waals surface area contributed by atoms with Crippen LogP contribution in [0.5, 0.6) is 0 Å². The number of nitrogens with zero attached hydrogens (tertiary/aromatic N) is 3. The van der Waals surface area contributed by atoms with Crippen LogP contribution in [0.1, 0.15) is 18.1 Å². The van der Waals surface area contributed by atoms with Gasteiger partial charge in [-0.05, 0) is 24.1 Å². The molecule has 2 fully saturated rings. The number of urea groups is 1. The van der Waals surface area contributed by atoms with Gasteiger partial charge in [-0.2, -0.15) is 9.31 Å². The lowest BCUT2D eigenvalue weighted by atomic mass is 9.92. The van der Waals surface area contributed by atoms with Crippen molar-refractivity contribution >= 4 is 33.9 Å². The lowest BCUT2D eigenvalue weighted by Crippen LogP contribution is -2.54. The summed E-state index contributed by atoms with van der Waals surface area (Å²) in [6.07, 6.45) is 1.55. The van der Waals surface area contributed by atoms with E-state index in [9.17, 15) is 22.8 Å². The number of rotatable bonds is 7. The molecule has 0 bridgehead atoms. The van der Waals surface area contributed by atoms with Gasteiger partial charge < -0.3 is 5.32 Å². The minimum Gasteiger partial charge on any atom is -0.318 e. The van der Waals surface area contributed by atoms with Crippen molar-refractivity contribution in [3.63, 3.8) is 0 Å². The molecule has 2 aliphatic rings. The van der Waals surface area contributed by atoms with Crippen molar-refractivity contribution in [2.24, 2.45) is 0 Å². The van der Waals surface area contributed by atoms with Gasteiger partial charge >= 0.3 is 6.03 Å². The molecule has 10 nitrogen and oxygen atoms in total.